The molecule has 0 amide bonds. The first-order valence-corrected chi connectivity index (χ1v) is 14.4. The molecule has 0 radical (unpaired) electrons. The molecule has 1 aromatic carbocycles. The fourth-order valence-electron chi connectivity index (χ4n) is 4.10. The summed E-state index contributed by atoms with van der Waals surface area (Å²) in [4.78, 5) is 73.5. The Balaban J connectivity index is 1.97. The first-order valence-electron chi connectivity index (χ1n) is 11.3. The Morgan fingerprint density at radius 3 is 2.22 bits per heavy atom. The summed E-state index contributed by atoms with van der Waals surface area (Å²) in [5.41, 5.74) is 10.4. The van der Waals surface area contributed by atoms with E-state index in [0.717, 1.165) is 10.9 Å². The highest BCUT2D eigenvalue weighted by Crippen LogP contribution is 2.60. The number of phosphoric ester groups is 1. The zero-order valence-corrected chi connectivity index (χ0v) is 23.2. The molecular weight excluding hydrogens is 664 g/mol. The molecule has 3 heterocycles. The van der Waals surface area contributed by atoms with Crippen LogP contribution in [0.3, 0.4) is 0 Å². The summed E-state index contributed by atoms with van der Waals surface area (Å²) >= 11 is 0. The molecule has 1 aliphatic rings. The van der Waals surface area contributed by atoms with Gasteiger partial charge in [-0.15, -0.1) is 0 Å². The molecule has 6 N–H and O–H groups in total. The normalized spacial score (nSPS) is 21.2. The minimum absolute atomic E-state index is 0.257. The van der Waals surface area contributed by atoms with Crippen LogP contribution >= 0.6 is 15.6 Å². The lowest BCUT2D eigenvalue weighted by atomic mass is 10.1. The highest BCUT2D eigenvalue weighted by Gasteiger charge is 2.54. The second kappa shape index (κ2) is 12.2. The van der Waals surface area contributed by atoms with Crippen molar-refractivity contribution in [2.24, 2.45) is 5.11 Å². The first-order chi connectivity index (χ1) is 21.0. The van der Waals surface area contributed by atoms with Crippen LogP contribution in [0.1, 0.15) is 6.23 Å². The third-order valence-electron chi connectivity index (χ3n) is 5.70. The zero-order chi connectivity index (χ0) is 33.4. The summed E-state index contributed by atoms with van der Waals surface area (Å²) < 4.78 is 44.6. The Morgan fingerprint density at radius 1 is 1.09 bits per heavy atom. The minimum atomic E-state index is -5.92. The molecule has 2 aromatic heterocycles. The van der Waals surface area contributed by atoms with E-state index in [2.05, 4.69) is 29.3 Å². The molecule has 1 fully saturated rings. The van der Waals surface area contributed by atoms with Crippen molar-refractivity contribution in [2.75, 3.05) is 12.3 Å². The van der Waals surface area contributed by atoms with Crippen LogP contribution in [0, 0.1) is 30.3 Å². The number of phosphoric acid groups is 2. The van der Waals surface area contributed by atoms with Gasteiger partial charge in [-0.25, -0.2) is 24.1 Å². The standard InChI is InChI=1S/C16H15N11O16P2/c17-13-9-14(20-4-19-13)24(16(21-9)22-23-18)15-12(42-45(38,39)43-44(35,36)37)11(8(3-28)40-15)41-10-6(26(31)32)1-5(25(29)30)2-7(10)27(33)34/h1-2,4,8,11-12,15,28H,3H2,(H,38,39)(H2,17,19,20)(H2,35,36,37)/t8-,11-,12-,15-/m1/s1. The Morgan fingerprint density at radius 2 is 1.71 bits per heavy atom. The van der Waals surface area contributed by atoms with Crippen molar-refractivity contribution in [2.45, 2.75) is 24.5 Å². The summed E-state index contributed by atoms with van der Waals surface area (Å²) in [5.74, 6) is -2.26. The molecule has 4 rings (SSSR count). The van der Waals surface area contributed by atoms with E-state index in [1.807, 2.05) is 0 Å². The molecule has 0 aliphatic carbocycles. The number of hydrogen-bond donors (Lipinski definition) is 5. The van der Waals surface area contributed by atoms with Gasteiger partial charge in [0.1, 0.15) is 12.4 Å². The Bertz CT molecular complexity index is 1820. The smallest absolute Gasteiger partial charge is 0.473 e. The average Bonchev–Trinajstić information content (AvgIpc) is 3.44. The quantitative estimate of drug-likeness (QED) is 0.0445. The van der Waals surface area contributed by atoms with Crippen molar-refractivity contribution in [1.29, 1.82) is 0 Å². The first kappa shape index (κ1) is 33.0. The molecule has 27 nitrogen and oxygen atoms in total. The van der Waals surface area contributed by atoms with Crippen molar-refractivity contribution in [3.63, 3.8) is 0 Å². The predicted octanol–water partition coefficient (Wildman–Crippen LogP) is 1.01. The lowest BCUT2D eigenvalue weighted by Gasteiger charge is -2.26. The summed E-state index contributed by atoms with van der Waals surface area (Å²) in [6.07, 6.45) is -7.52. The Labute approximate surface area is 244 Å². The number of benzene rings is 1. The summed E-state index contributed by atoms with van der Waals surface area (Å²) in [6.45, 7) is -1.15. The third kappa shape index (κ3) is 6.76. The van der Waals surface area contributed by atoms with Crippen LogP contribution in [0.25, 0.3) is 21.6 Å². The number of ether oxygens (including phenoxy) is 2. The van der Waals surface area contributed by atoms with E-state index < -0.39 is 90.3 Å². The number of imidazole rings is 1. The number of nitro groups is 3. The fraction of sp³-hybridized carbons (Fsp3) is 0.312. The number of nitrogen functional groups attached to an aromatic ring is 1. The molecule has 240 valence electrons. The van der Waals surface area contributed by atoms with Crippen LogP contribution in [-0.2, 0) is 22.7 Å². The van der Waals surface area contributed by atoms with E-state index in [9.17, 15) is 49.5 Å². The number of anilines is 1. The maximum absolute atomic E-state index is 12.7. The molecule has 0 bridgehead atoms. The van der Waals surface area contributed by atoms with Crippen LogP contribution in [0.4, 0.5) is 28.8 Å². The highest BCUT2D eigenvalue weighted by atomic mass is 31.3. The van der Waals surface area contributed by atoms with Gasteiger partial charge in [-0.2, -0.15) is 4.31 Å². The lowest BCUT2D eigenvalue weighted by Crippen LogP contribution is -2.40. The summed E-state index contributed by atoms with van der Waals surface area (Å²) in [6, 6.07) is 0.576. The van der Waals surface area contributed by atoms with Crippen molar-refractivity contribution < 1.29 is 62.0 Å². The van der Waals surface area contributed by atoms with Crippen LogP contribution in [0.2, 0.25) is 0 Å². The number of nitro benzene ring substituents is 3. The number of aliphatic hydroxyl groups excluding tert-OH is 1. The van der Waals surface area contributed by atoms with Crippen LogP contribution in [0.15, 0.2) is 23.6 Å². The van der Waals surface area contributed by atoms with Gasteiger partial charge >= 0.3 is 27.0 Å². The molecule has 29 heteroatoms. The average molecular weight is 679 g/mol. The van der Waals surface area contributed by atoms with Gasteiger partial charge in [0.15, 0.2) is 35.4 Å². The van der Waals surface area contributed by atoms with Gasteiger partial charge in [0.2, 0.25) is 5.95 Å². The monoisotopic (exact) mass is 679 g/mol. The van der Waals surface area contributed by atoms with Crippen molar-refractivity contribution in [1.82, 2.24) is 19.5 Å². The molecular formula is C16H15N11O16P2. The predicted molar refractivity (Wildman–Crippen MR) is 138 cm³/mol. The molecule has 5 atom stereocenters. The maximum Gasteiger partial charge on any atom is 0.481 e. The number of rotatable bonds is 12. The fourth-order valence-corrected chi connectivity index (χ4v) is 5.86. The van der Waals surface area contributed by atoms with Gasteiger partial charge in [-0.3, -0.25) is 39.4 Å². The van der Waals surface area contributed by atoms with Gasteiger partial charge in [0.25, 0.3) is 11.4 Å². The van der Waals surface area contributed by atoms with Crippen molar-refractivity contribution in [3.05, 3.63) is 59.2 Å². The highest BCUT2D eigenvalue weighted by molar-refractivity contribution is 7.60. The van der Waals surface area contributed by atoms with E-state index in [0.29, 0.717) is 0 Å². The van der Waals surface area contributed by atoms with Gasteiger partial charge < -0.3 is 35.0 Å². The van der Waals surface area contributed by atoms with Gasteiger partial charge in [-0.1, -0.05) is 0 Å². The minimum Gasteiger partial charge on any atom is -0.473 e. The SMILES string of the molecule is [N-]=[N+]=Nc1nc2c(N)ncnc2n1[C@@H]1O[C@H](CO)[C@@H](Oc2c([N+](=O)[O-])cc([N+](=O)[O-])cc2[N+](=O)[O-])[C@H]1OP(=O)(O)OP(=O)(O)O. The number of non-ortho nitro benzene ring substituents is 1. The number of nitrogens with zero attached hydrogens (tertiary/aromatic N) is 10. The van der Waals surface area contributed by atoms with E-state index in [4.69, 9.17) is 35.0 Å². The summed E-state index contributed by atoms with van der Waals surface area (Å²) in [5, 5.41) is 48.3. The third-order valence-corrected chi connectivity index (χ3v) is 7.88. The molecule has 1 aliphatic heterocycles. The van der Waals surface area contributed by atoms with E-state index >= 15 is 0 Å². The number of aromatic nitrogens is 4. The van der Waals surface area contributed by atoms with Crippen LogP contribution in [-0.4, -0.2) is 79.0 Å². The number of azide groups is 1. The second-order valence-electron chi connectivity index (χ2n) is 8.43. The molecule has 0 saturated carbocycles. The molecule has 3 aromatic rings. The molecule has 0 spiro atoms. The zero-order valence-electron chi connectivity index (χ0n) is 21.4. The Hall–Kier alpha value is -4.94. The van der Waals surface area contributed by atoms with Gasteiger partial charge in [-0.05, 0) is 10.6 Å². The van der Waals surface area contributed by atoms with E-state index in [-0.39, 0.29) is 29.1 Å². The maximum atomic E-state index is 12.7. The molecule has 1 unspecified atom stereocenters. The second-order valence-corrected chi connectivity index (χ2v) is 11.2. The summed E-state index contributed by atoms with van der Waals surface area (Å²) in [7, 11) is -11.7. The van der Waals surface area contributed by atoms with E-state index in [1.54, 1.807) is 0 Å². The van der Waals surface area contributed by atoms with Crippen molar-refractivity contribution >= 4 is 55.6 Å². The Kier molecular flexibility index (Phi) is 8.95. The number of hydrogen-bond acceptors (Lipinski definition) is 18. The topological polar surface area (TPSA) is 400 Å². The largest absolute Gasteiger partial charge is 0.481 e. The lowest BCUT2D eigenvalue weighted by molar-refractivity contribution is -0.404. The number of fused-ring (bicyclic) bond motifs is 1. The number of aliphatic hydroxyl groups is 1. The van der Waals surface area contributed by atoms with Gasteiger partial charge in [0.05, 0.1) is 33.5 Å². The van der Waals surface area contributed by atoms with Crippen LogP contribution in [0.5, 0.6) is 5.75 Å². The van der Waals surface area contributed by atoms with Gasteiger partial charge in [0, 0.05) is 4.91 Å². The number of nitrogens with two attached hydrogens (primary N) is 1. The van der Waals surface area contributed by atoms with Crippen molar-refractivity contribution in [3.8, 4) is 5.75 Å². The van der Waals surface area contributed by atoms with E-state index in [1.165, 1.54) is 0 Å². The molecule has 45 heavy (non-hydrogen) atoms. The van der Waals surface area contributed by atoms with Crippen LogP contribution < -0.4 is 10.5 Å². The molecule has 1 saturated heterocycles.